The van der Waals surface area contributed by atoms with E-state index in [4.69, 9.17) is 0 Å². The number of amides is 1. The van der Waals surface area contributed by atoms with Gasteiger partial charge in [-0.3, -0.25) is 14.6 Å². The Morgan fingerprint density at radius 1 is 1.06 bits per heavy atom. The summed E-state index contributed by atoms with van der Waals surface area (Å²) in [5, 5.41) is 12.5. The van der Waals surface area contributed by atoms with Crippen LogP contribution in [-0.4, -0.2) is 42.9 Å². The Morgan fingerprint density at radius 2 is 1.86 bits per heavy atom. The smallest absolute Gasteiger partial charge is 0.332 e. The van der Waals surface area contributed by atoms with Gasteiger partial charge in [0.2, 0.25) is 0 Å². The maximum absolute atomic E-state index is 13.8. The Morgan fingerprint density at radius 3 is 2.60 bits per heavy atom. The quantitative estimate of drug-likeness (QED) is 0.439. The van der Waals surface area contributed by atoms with Crippen LogP contribution in [0.15, 0.2) is 54.9 Å². The first kappa shape index (κ1) is 21.9. The van der Waals surface area contributed by atoms with E-state index >= 15 is 0 Å². The fourth-order valence-electron chi connectivity index (χ4n) is 5.14. The Labute approximate surface area is 199 Å². The maximum Gasteiger partial charge on any atom is 0.416 e. The highest BCUT2D eigenvalue weighted by molar-refractivity contribution is 6.06. The fraction of sp³-hybridized carbons (Fsp3) is 0.346. The molecule has 2 aromatic heterocycles. The van der Waals surface area contributed by atoms with E-state index in [1.54, 1.807) is 10.9 Å². The van der Waals surface area contributed by atoms with Crippen molar-refractivity contribution in [3.05, 3.63) is 82.8 Å². The predicted molar refractivity (Wildman–Crippen MR) is 124 cm³/mol. The second-order valence-corrected chi connectivity index (χ2v) is 9.45. The number of rotatable bonds is 5. The number of halogens is 3. The summed E-state index contributed by atoms with van der Waals surface area (Å²) in [6.07, 6.45) is 3.81. The van der Waals surface area contributed by atoms with E-state index < -0.39 is 11.7 Å². The van der Waals surface area contributed by atoms with E-state index in [-0.39, 0.29) is 18.0 Å². The molecule has 1 unspecified atom stereocenters. The first-order valence-corrected chi connectivity index (χ1v) is 11.8. The highest BCUT2D eigenvalue weighted by Crippen LogP contribution is 2.36. The molecule has 0 radical (unpaired) electrons. The molecule has 6 rings (SSSR count). The molecule has 1 fully saturated rings. The number of aromatic nitrogens is 4. The number of H-pyrrole nitrogens is 1. The van der Waals surface area contributed by atoms with Gasteiger partial charge in [-0.05, 0) is 67.5 Å². The van der Waals surface area contributed by atoms with E-state index in [0.29, 0.717) is 17.7 Å². The molecule has 35 heavy (non-hydrogen) atoms. The highest BCUT2D eigenvalue weighted by Gasteiger charge is 2.39. The predicted octanol–water partition coefficient (Wildman–Crippen LogP) is 4.99. The minimum Gasteiger partial charge on any atom is -0.332 e. The molecule has 0 bridgehead atoms. The summed E-state index contributed by atoms with van der Waals surface area (Å²) >= 11 is 0. The fourth-order valence-corrected chi connectivity index (χ4v) is 5.14. The lowest BCUT2D eigenvalue weighted by Crippen LogP contribution is -2.44. The molecule has 180 valence electrons. The Kier molecular flexibility index (Phi) is 5.16. The number of fused-ring (bicyclic) bond motifs is 2. The third-order valence-corrected chi connectivity index (χ3v) is 7.09. The molecule has 1 amide bonds. The zero-order chi connectivity index (χ0) is 24.2. The normalized spacial score (nSPS) is 18.0. The Hall–Kier alpha value is -3.62. The highest BCUT2D eigenvalue weighted by atomic mass is 19.4. The maximum atomic E-state index is 13.8. The van der Waals surface area contributed by atoms with E-state index in [2.05, 4.69) is 20.2 Å². The molecule has 1 N–H and O–H groups in total. The number of hydrogen-bond acceptors (Lipinski definition) is 3. The van der Waals surface area contributed by atoms with Crippen molar-refractivity contribution in [2.24, 2.45) is 0 Å². The minimum atomic E-state index is -4.36. The van der Waals surface area contributed by atoms with E-state index in [1.165, 1.54) is 17.7 Å². The first-order chi connectivity index (χ1) is 16.9. The number of nitrogens with one attached hydrogen (secondary N) is 1. The SMILES string of the molecule is O=C(c1cccc2c1cnn2Cc1ccc(C(F)(F)F)cc1)N(C1CC1)C1CCc2[nH]ncc2C1. The molecular weight excluding hydrogens is 455 g/mol. The molecule has 0 aliphatic heterocycles. The van der Waals surface area contributed by atoms with Gasteiger partial charge in [-0.25, -0.2) is 0 Å². The van der Waals surface area contributed by atoms with Crippen molar-refractivity contribution in [2.45, 2.75) is 56.9 Å². The van der Waals surface area contributed by atoms with Gasteiger partial charge in [0.1, 0.15) is 0 Å². The summed E-state index contributed by atoms with van der Waals surface area (Å²) < 4.78 is 40.4. The van der Waals surface area contributed by atoms with Gasteiger partial charge in [0.25, 0.3) is 5.91 Å². The van der Waals surface area contributed by atoms with Crippen molar-refractivity contribution in [3.8, 4) is 0 Å². The number of carbonyl (C=O) groups excluding carboxylic acids is 1. The standard InChI is InChI=1S/C26H24F3N5O/c27-26(28,29)18-6-4-16(5-7-18)15-33-24-3-1-2-21(22(24)14-31-33)25(35)34(19-8-9-19)20-10-11-23-17(12-20)13-30-32-23/h1-7,13-14,19-20H,8-12,15H2,(H,30,32). The Balaban J connectivity index is 1.28. The summed E-state index contributed by atoms with van der Waals surface area (Å²) in [6.45, 7) is 0.317. The third kappa shape index (κ3) is 4.09. The minimum absolute atomic E-state index is 0.0177. The van der Waals surface area contributed by atoms with Crippen LogP contribution in [0.1, 0.15) is 52.0 Å². The lowest BCUT2D eigenvalue weighted by atomic mass is 9.91. The number of hydrogen-bond donors (Lipinski definition) is 1. The number of alkyl halides is 3. The second kappa shape index (κ2) is 8.25. The van der Waals surface area contributed by atoms with Crippen molar-refractivity contribution < 1.29 is 18.0 Å². The number of carbonyl (C=O) groups is 1. The zero-order valence-corrected chi connectivity index (χ0v) is 18.9. The van der Waals surface area contributed by atoms with Crippen LogP contribution in [0.25, 0.3) is 10.9 Å². The van der Waals surface area contributed by atoms with E-state index in [1.807, 2.05) is 24.4 Å². The van der Waals surface area contributed by atoms with Crippen molar-refractivity contribution in [1.82, 2.24) is 24.9 Å². The summed E-state index contributed by atoms with van der Waals surface area (Å²) in [7, 11) is 0. The molecule has 9 heteroatoms. The van der Waals surface area contributed by atoms with Crippen LogP contribution >= 0.6 is 0 Å². The summed E-state index contributed by atoms with van der Waals surface area (Å²) in [5.41, 5.74) is 3.78. The molecule has 1 atom stereocenters. The van der Waals surface area contributed by atoms with E-state index in [0.717, 1.165) is 60.8 Å². The molecule has 2 aromatic carbocycles. The number of nitrogens with zero attached hydrogens (tertiary/aromatic N) is 4. The lowest BCUT2D eigenvalue weighted by Gasteiger charge is -2.34. The van der Waals surface area contributed by atoms with Gasteiger partial charge in [0, 0.05) is 23.2 Å². The molecule has 0 saturated heterocycles. The van der Waals surface area contributed by atoms with Gasteiger partial charge >= 0.3 is 6.18 Å². The molecule has 6 nitrogen and oxygen atoms in total. The summed E-state index contributed by atoms with van der Waals surface area (Å²) in [4.78, 5) is 15.9. The summed E-state index contributed by atoms with van der Waals surface area (Å²) in [5.74, 6) is 0.0177. The molecule has 0 spiro atoms. The van der Waals surface area contributed by atoms with Gasteiger partial charge in [-0.2, -0.15) is 23.4 Å². The summed E-state index contributed by atoms with van der Waals surface area (Å²) in [6, 6.07) is 11.1. The van der Waals surface area contributed by atoms with E-state index in [9.17, 15) is 18.0 Å². The molecule has 1 saturated carbocycles. The number of aryl methyl sites for hydroxylation is 1. The lowest BCUT2D eigenvalue weighted by molar-refractivity contribution is -0.137. The van der Waals surface area contributed by atoms with Crippen LogP contribution in [0.2, 0.25) is 0 Å². The third-order valence-electron chi connectivity index (χ3n) is 7.09. The van der Waals surface area contributed by atoms with Crippen LogP contribution in [0.4, 0.5) is 13.2 Å². The number of benzene rings is 2. The van der Waals surface area contributed by atoms with Crippen LogP contribution < -0.4 is 0 Å². The van der Waals surface area contributed by atoms with Crippen molar-refractivity contribution in [2.75, 3.05) is 0 Å². The average molecular weight is 480 g/mol. The average Bonchev–Trinajstić information content (AvgIpc) is 3.41. The van der Waals surface area contributed by atoms with Gasteiger partial charge in [-0.1, -0.05) is 18.2 Å². The van der Waals surface area contributed by atoms with Crippen LogP contribution in [0.5, 0.6) is 0 Å². The topological polar surface area (TPSA) is 66.8 Å². The largest absolute Gasteiger partial charge is 0.416 e. The van der Waals surface area contributed by atoms with Crippen LogP contribution in [-0.2, 0) is 25.6 Å². The molecule has 4 aromatic rings. The molecule has 2 aliphatic rings. The van der Waals surface area contributed by atoms with Crippen molar-refractivity contribution >= 4 is 16.8 Å². The van der Waals surface area contributed by atoms with Gasteiger partial charge < -0.3 is 4.90 Å². The van der Waals surface area contributed by atoms with Crippen molar-refractivity contribution in [1.29, 1.82) is 0 Å². The number of aromatic amines is 1. The molecule has 2 aliphatic carbocycles. The molecular formula is C26H24F3N5O. The monoisotopic (exact) mass is 479 g/mol. The second-order valence-electron chi connectivity index (χ2n) is 9.45. The van der Waals surface area contributed by atoms with Crippen LogP contribution in [0, 0.1) is 0 Å². The van der Waals surface area contributed by atoms with Crippen molar-refractivity contribution in [3.63, 3.8) is 0 Å². The van der Waals surface area contributed by atoms with Crippen LogP contribution in [0.3, 0.4) is 0 Å². The van der Waals surface area contributed by atoms with Gasteiger partial charge in [0.15, 0.2) is 0 Å². The molecule has 2 heterocycles. The van der Waals surface area contributed by atoms with Gasteiger partial charge in [-0.15, -0.1) is 0 Å². The zero-order valence-electron chi connectivity index (χ0n) is 18.9. The first-order valence-electron chi connectivity index (χ1n) is 11.8. The van der Waals surface area contributed by atoms with Gasteiger partial charge in [0.05, 0.1) is 35.6 Å². The Bertz CT molecular complexity index is 1380.